The van der Waals surface area contributed by atoms with Gasteiger partial charge in [0.1, 0.15) is 5.84 Å². The van der Waals surface area contributed by atoms with Gasteiger partial charge < -0.3 is 5.32 Å². The zero-order valence-electron chi connectivity index (χ0n) is 18.6. The average molecular weight is 472 g/mol. The van der Waals surface area contributed by atoms with Crippen molar-refractivity contribution in [2.45, 2.75) is 29.6 Å². The van der Waals surface area contributed by atoms with Crippen LogP contribution < -0.4 is 10.0 Å². The molecule has 1 unspecified atom stereocenters. The van der Waals surface area contributed by atoms with Crippen molar-refractivity contribution in [3.63, 3.8) is 0 Å². The van der Waals surface area contributed by atoms with E-state index >= 15 is 0 Å². The van der Waals surface area contributed by atoms with E-state index in [0.29, 0.717) is 35.7 Å². The Hall–Kier alpha value is -3.45. The average Bonchev–Trinajstić information content (AvgIpc) is 3.13. The second kappa shape index (κ2) is 8.09. The van der Waals surface area contributed by atoms with Crippen molar-refractivity contribution in [2.75, 3.05) is 13.1 Å². The summed E-state index contributed by atoms with van der Waals surface area (Å²) in [6.07, 6.45) is 1.24. The second-order valence-corrected chi connectivity index (χ2v) is 10.8. The van der Waals surface area contributed by atoms with Crippen LogP contribution in [0.1, 0.15) is 52.5 Å². The number of fused-ring (bicyclic) bond motifs is 2. The molecule has 4 aliphatic rings. The first-order valence-corrected chi connectivity index (χ1v) is 13.1. The van der Waals surface area contributed by atoms with E-state index in [1.54, 1.807) is 24.3 Å². The Morgan fingerprint density at radius 3 is 2.24 bits per heavy atom. The zero-order valence-corrected chi connectivity index (χ0v) is 19.4. The van der Waals surface area contributed by atoms with Crippen LogP contribution in [0.5, 0.6) is 0 Å². The molecule has 1 atom stereocenters. The molecule has 0 spiro atoms. The Morgan fingerprint density at radius 2 is 1.53 bits per heavy atom. The third-order valence-electron chi connectivity index (χ3n) is 7.26. The van der Waals surface area contributed by atoms with Gasteiger partial charge in [0.05, 0.1) is 11.4 Å². The number of aliphatic imine (C=N–C) groups is 1. The van der Waals surface area contributed by atoms with Crippen LogP contribution in [0.2, 0.25) is 0 Å². The molecule has 6 nitrogen and oxygen atoms in total. The summed E-state index contributed by atoms with van der Waals surface area (Å²) in [5.41, 5.74) is 6.16. The van der Waals surface area contributed by atoms with Crippen LogP contribution in [0.3, 0.4) is 0 Å². The number of amidine groups is 1. The predicted octanol–water partition coefficient (Wildman–Crippen LogP) is 3.53. The smallest absolute Gasteiger partial charge is 0.263 e. The lowest BCUT2D eigenvalue weighted by Gasteiger charge is -2.45. The molecule has 0 saturated carbocycles. The lowest BCUT2D eigenvalue weighted by atomic mass is 9.59. The number of nitrogens with one attached hydrogen (secondary N) is 2. The maximum absolute atomic E-state index is 12.6. The van der Waals surface area contributed by atoms with E-state index in [0.717, 1.165) is 6.42 Å². The van der Waals surface area contributed by atoms with Crippen molar-refractivity contribution in [2.24, 2.45) is 10.9 Å². The number of sulfonamides is 1. The molecule has 7 heteroatoms. The number of hydrogen-bond donors (Lipinski definition) is 2. The molecule has 1 amide bonds. The topological polar surface area (TPSA) is 87.6 Å². The van der Waals surface area contributed by atoms with Gasteiger partial charge in [0.15, 0.2) is 0 Å². The van der Waals surface area contributed by atoms with E-state index in [2.05, 4.69) is 63.6 Å². The van der Waals surface area contributed by atoms with Crippen LogP contribution in [0.4, 0.5) is 0 Å². The van der Waals surface area contributed by atoms with Crippen molar-refractivity contribution in [1.29, 1.82) is 0 Å². The van der Waals surface area contributed by atoms with Crippen molar-refractivity contribution >= 4 is 21.8 Å². The monoisotopic (exact) mass is 471 g/mol. The Morgan fingerprint density at radius 1 is 0.912 bits per heavy atom. The van der Waals surface area contributed by atoms with Crippen molar-refractivity contribution < 1.29 is 13.2 Å². The molecule has 0 saturated heterocycles. The van der Waals surface area contributed by atoms with Crippen LogP contribution in [-0.4, -0.2) is 33.3 Å². The lowest BCUT2D eigenvalue weighted by Crippen LogP contribution is -2.39. The van der Waals surface area contributed by atoms with Gasteiger partial charge in [-0.05, 0) is 46.7 Å². The molecule has 3 aromatic rings. The minimum absolute atomic E-state index is 0.0680. The van der Waals surface area contributed by atoms with Crippen molar-refractivity contribution in [3.05, 3.63) is 101 Å². The first-order valence-electron chi connectivity index (χ1n) is 11.6. The van der Waals surface area contributed by atoms with Gasteiger partial charge in [0.2, 0.25) is 5.91 Å². The van der Waals surface area contributed by atoms with Crippen LogP contribution in [0, 0.1) is 5.92 Å². The molecular formula is C27H25N3O3S. The summed E-state index contributed by atoms with van der Waals surface area (Å²) in [6.45, 7) is 0.842. The third-order valence-corrected chi connectivity index (χ3v) is 8.65. The van der Waals surface area contributed by atoms with E-state index in [1.165, 1.54) is 22.3 Å². The fourth-order valence-corrected chi connectivity index (χ4v) is 7.06. The summed E-state index contributed by atoms with van der Waals surface area (Å²) in [4.78, 5) is 17.2. The van der Waals surface area contributed by atoms with Gasteiger partial charge in [-0.3, -0.25) is 14.5 Å². The molecular weight excluding hydrogens is 446 g/mol. The molecule has 3 aromatic carbocycles. The van der Waals surface area contributed by atoms with Gasteiger partial charge in [-0.15, -0.1) is 0 Å². The Bertz CT molecular complexity index is 1380. The largest absolute Gasteiger partial charge is 0.356 e. The van der Waals surface area contributed by atoms with Crippen LogP contribution in [0.15, 0.2) is 82.7 Å². The highest BCUT2D eigenvalue weighted by Crippen LogP contribution is 2.55. The number of hydrogen-bond acceptors (Lipinski definition) is 4. The lowest BCUT2D eigenvalue weighted by molar-refractivity contribution is -0.121. The standard InChI is InChI=1S/C27H25N3O3S/c31-25(13-14-28-27-22-11-5-6-12-24(22)34(32,33)30-27)29-16-17-15-23-18-7-1-3-9-20(18)26(17)21-10-4-2-8-19(21)23/h1-12,17,23,26H,13-16H2,(H,28,30)(H,29,31). The zero-order chi connectivity index (χ0) is 23.3. The number of carbonyl (C=O) groups is 1. The van der Waals surface area contributed by atoms with Crippen LogP contribution >= 0.6 is 0 Å². The van der Waals surface area contributed by atoms with Gasteiger partial charge in [0, 0.05) is 30.4 Å². The van der Waals surface area contributed by atoms with E-state index in [-0.39, 0.29) is 23.8 Å². The summed E-state index contributed by atoms with van der Waals surface area (Å²) < 4.78 is 26.9. The summed E-state index contributed by atoms with van der Waals surface area (Å²) in [7, 11) is -3.57. The number of amides is 1. The fourth-order valence-electron chi connectivity index (χ4n) is 5.81. The van der Waals surface area contributed by atoms with Crippen molar-refractivity contribution in [1.82, 2.24) is 10.0 Å². The first-order chi connectivity index (χ1) is 16.5. The maximum Gasteiger partial charge on any atom is 0.263 e. The molecule has 1 aliphatic heterocycles. The normalized spacial score (nSPS) is 24.1. The molecule has 2 bridgehead atoms. The van der Waals surface area contributed by atoms with E-state index in [9.17, 15) is 13.2 Å². The minimum atomic E-state index is -3.57. The number of carbonyl (C=O) groups excluding carboxylic acids is 1. The highest BCUT2D eigenvalue weighted by Gasteiger charge is 2.42. The maximum atomic E-state index is 12.6. The van der Waals surface area contributed by atoms with E-state index in [4.69, 9.17) is 0 Å². The quantitative estimate of drug-likeness (QED) is 0.597. The summed E-state index contributed by atoms with van der Waals surface area (Å²) >= 11 is 0. The molecule has 0 fully saturated rings. The molecule has 7 rings (SSSR count). The second-order valence-electron chi connectivity index (χ2n) is 9.17. The summed E-state index contributed by atoms with van der Waals surface area (Å²) in [5, 5.41) is 3.11. The molecule has 172 valence electrons. The van der Waals surface area contributed by atoms with Crippen molar-refractivity contribution in [3.8, 4) is 0 Å². The molecule has 1 heterocycles. The van der Waals surface area contributed by atoms with Gasteiger partial charge >= 0.3 is 0 Å². The van der Waals surface area contributed by atoms with Gasteiger partial charge in [-0.1, -0.05) is 60.7 Å². The predicted molar refractivity (Wildman–Crippen MR) is 130 cm³/mol. The number of benzene rings is 3. The highest BCUT2D eigenvalue weighted by atomic mass is 32.2. The Balaban J connectivity index is 1.12. The summed E-state index contributed by atoms with van der Waals surface area (Å²) in [5.74, 6) is 1.25. The van der Waals surface area contributed by atoms with Gasteiger partial charge in [0.25, 0.3) is 10.0 Å². The third kappa shape index (κ3) is 3.42. The van der Waals surface area contributed by atoms with Gasteiger partial charge in [-0.2, -0.15) is 0 Å². The minimum Gasteiger partial charge on any atom is -0.356 e. The Kier molecular flexibility index (Phi) is 5.03. The molecule has 0 aromatic heterocycles. The molecule has 3 aliphatic carbocycles. The summed E-state index contributed by atoms with van der Waals surface area (Å²) in [6, 6.07) is 24.1. The first kappa shape index (κ1) is 21.1. The fraction of sp³-hybridized carbons (Fsp3) is 0.259. The van der Waals surface area contributed by atoms with Crippen LogP contribution in [-0.2, 0) is 14.8 Å². The Labute approximate surface area is 199 Å². The number of rotatable bonds is 5. The van der Waals surface area contributed by atoms with Gasteiger partial charge in [-0.25, -0.2) is 8.42 Å². The molecule has 34 heavy (non-hydrogen) atoms. The number of nitrogens with zero attached hydrogens (tertiary/aromatic N) is 1. The van der Waals surface area contributed by atoms with E-state index < -0.39 is 10.0 Å². The van der Waals surface area contributed by atoms with E-state index in [1.807, 2.05) is 0 Å². The van der Waals surface area contributed by atoms with Crippen LogP contribution in [0.25, 0.3) is 0 Å². The SMILES string of the molecule is O=C(CCN=C1NS(=O)(=O)c2ccccc21)NCC1CC2c3ccccc3C1c1ccccc12. The molecule has 2 N–H and O–H groups in total. The highest BCUT2D eigenvalue weighted by molar-refractivity contribution is 7.90. The molecule has 0 radical (unpaired) electrons.